The number of hydrogen-bond donors (Lipinski definition) is 3. The number of carboxylic acid groups (broad SMARTS) is 1. The quantitative estimate of drug-likeness (QED) is 0.372. The van der Waals surface area contributed by atoms with Gasteiger partial charge in [-0.3, -0.25) is 4.79 Å². The van der Waals surface area contributed by atoms with Gasteiger partial charge in [0.05, 0.1) is 17.3 Å². The van der Waals surface area contributed by atoms with Gasteiger partial charge in [0.15, 0.2) is 5.82 Å². The van der Waals surface area contributed by atoms with Crippen LogP contribution >= 0.6 is 0 Å². The molecule has 230 valence electrons. The number of benzene rings is 1. The first-order valence-electron chi connectivity index (χ1n) is 16.4. The maximum absolute atomic E-state index is 11.3. The molecule has 0 bridgehead atoms. The van der Waals surface area contributed by atoms with E-state index < -0.39 is 5.97 Å². The van der Waals surface area contributed by atoms with E-state index in [1.54, 1.807) is 12.1 Å². The largest absolute Gasteiger partial charge is 0.507 e. The van der Waals surface area contributed by atoms with Crippen molar-refractivity contribution in [1.29, 1.82) is 0 Å². The highest BCUT2D eigenvalue weighted by Gasteiger charge is 2.65. The van der Waals surface area contributed by atoms with Crippen molar-refractivity contribution in [3.8, 4) is 17.0 Å². The molecule has 5 fully saturated rings. The Kier molecular flexibility index (Phi) is 6.92. The number of nitrogens with zero attached hydrogens (tertiary/aromatic N) is 6. The molecule has 4 N–H and O–H groups in total. The van der Waals surface area contributed by atoms with E-state index in [0.29, 0.717) is 52.7 Å². The number of phenolic OH excluding ortho intramolecular Hbond substituents is 1. The van der Waals surface area contributed by atoms with Crippen molar-refractivity contribution in [2.75, 3.05) is 36.8 Å². The van der Waals surface area contributed by atoms with E-state index in [0.717, 1.165) is 88.6 Å². The molecule has 2 aromatic heterocycles. The zero-order valence-corrected chi connectivity index (χ0v) is 25.0. The second kappa shape index (κ2) is 11.0. The highest BCUT2D eigenvalue weighted by atomic mass is 16.4. The predicted octanol–water partition coefficient (Wildman–Crippen LogP) is 4.53. The monoisotopic (exact) mass is 595 g/mol. The van der Waals surface area contributed by atoms with Crippen LogP contribution in [0.5, 0.6) is 5.75 Å². The Labute approximate surface area is 257 Å². The molecule has 3 aliphatic carbocycles. The molecule has 1 aromatic carbocycles. The minimum Gasteiger partial charge on any atom is -0.507 e. The number of para-hydroxylation sites is 1. The Morgan fingerprint density at radius 1 is 0.932 bits per heavy atom. The normalized spacial score (nSPS) is 31.9. The third kappa shape index (κ3) is 4.87. The SMILES string of the molecule is Nc1nnc(-c2ccccc2O)cc1N1CC2CC(c3ncc(C4CCN(C5CCC(C(=O)O)CC5)CC4)cn3)[C@H]3C(C1)C23. The van der Waals surface area contributed by atoms with Crippen molar-refractivity contribution in [3.63, 3.8) is 0 Å². The number of hydrogen-bond acceptors (Lipinski definition) is 9. The summed E-state index contributed by atoms with van der Waals surface area (Å²) in [5.41, 5.74) is 9.80. The molecule has 0 radical (unpaired) electrons. The van der Waals surface area contributed by atoms with Gasteiger partial charge in [0.2, 0.25) is 0 Å². The van der Waals surface area contributed by atoms with E-state index in [-0.39, 0.29) is 11.7 Å². The zero-order chi connectivity index (χ0) is 29.9. The molecule has 0 amide bonds. The Hall–Kier alpha value is -3.79. The lowest BCUT2D eigenvalue weighted by Gasteiger charge is -2.40. The fourth-order valence-electron chi connectivity index (χ4n) is 9.33. The number of fused-ring (bicyclic) bond motifs is 1. The predicted molar refractivity (Wildman–Crippen MR) is 166 cm³/mol. The molecule has 4 heterocycles. The van der Waals surface area contributed by atoms with Gasteiger partial charge in [-0.15, -0.1) is 10.2 Å². The number of aromatic nitrogens is 4. The summed E-state index contributed by atoms with van der Waals surface area (Å²) in [6.45, 7) is 4.05. The summed E-state index contributed by atoms with van der Waals surface area (Å²) < 4.78 is 0. The van der Waals surface area contributed by atoms with Crippen LogP contribution in [0.3, 0.4) is 0 Å². The van der Waals surface area contributed by atoms with Gasteiger partial charge in [0.25, 0.3) is 0 Å². The number of carboxylic acids is 1. The molecule has 5 atom stereocenters. The lowest BCUT2D eigenvalue weighted by molar-refractivity contribution is -0.143. The molecule has 10 heteroatoms. The van der Waals surface area contributed by atoms with Crippen LogP contribution < -0.4 is 10.6 Å². The number of piperidine rings is 2. The molecule has 5 aliphatic rings. The second-order valence-electron chi connectivity index (χ2n) is 13.9. The average Bonchev–Trinajstić information content (AvgIpc) is 3.64. The summed E-state index contributed by atoms with van der Waals surface area (Å²) in [5.74, 6) is 4.37. The van der Waals surface area contributed by atoms with Gasteiger partial charge in [-0.1, -0.05) is 12.1 Å². The van der Waals surface area contributed by atoms with Crippen LogP contribution in [0.4, 0.5) is 11.5 Å². The maximum Gasteiger partial charge on any atom is 0.306 e. The number of aromatic hydroxyl groups is 1. The number of likely N-dealkylation sites (tertiary alicyclic amines) is 1. The van der Waals surface area contributed by atoms with Crippen molar-refractivity contribution in [2.45, 2.75) is 62.8 Å². The molecule has 8 rings (SSSR count). The molecule has 44 heavy (non-hydrogen) atoms. The van der Waals surface area contributed by atoms with Crippen LogP contribution in [-0.2, 0) is 4.79 Å². The third-order valence-corrected chi connectivity index (χ3v) is 11.7. The molecular formula is C34H41N7O3. The zero-order valence-electron chi connectivity index (χ0n) is 25.0. The van der Waals surface area contributed by atoms with Crippen molar-refractivity contribution < 1.29 is 15.0 Å². The van der Waals surface area contributed by atoms with E-state index >= 15 is 0 Å². The van der Waals surface area contributed by atoms with E-state index in [2.05, 4.69) is 32.4 Å². The molecule has 3 aromatic rings. The topological polar surface area (TPSA) is 142 Å². The van der Waals surface area contributed by atoms with Crippen molar-refractivity contribution in [1.82, 2.24) is 25.1 Å². The first-order valence-corrected chi connectivity index (χ1v) is 16.4. The van der Waals surface area contributed by atoms with Crippen LogP contribution in [-0.4, -0.2) is 73.5 Å². The molecule has 2 aliphatic heterocycles. The summed E-state index contributed by atoms with van der Waals surface area (Å²) in [6, 6.07) is 9.72. The number of aliphatic carboxylic acids is 1. The average molecular weight is 596 g/mol. The van der Waals surface area contributed by atoms with E-state index in [1.165, 1.54) is 5.56 Å². The van der Waals surface area contributed by atoms with Crippen molar-refractivity contribution >= 4 is 17.5 Å². The summed E-state index contributed by atoms with van der Waals surface area (Å²) >= 11 is 0. The summed E-state index contributed by atoms with van der Waals surface area (Å²) in [4.78, 5) is 26.2. The third-order valence-electron chi connectivity index (χ3n) is 11.7. The minimum atomic E-state index is -0.626. The van der Waals surface area contributed by atoms with E-state index in [4.69, 9.17) is 15.7 Å². The van der Waals surface area contributed by atoms with E-state index in [1.807, 2.05) is 18.2 Å². The Morgan fingerprint density at radius 3 is 2.39 bits per heavy atom. The van der Waals surface area contributed by atoms with Crippen molar-refractivity contribution in [3.05, 3.63) is 54.1 Å². The number of rotatable bonds is 6. The summed E-state index contributed by atoms with van der Waals surface area (Å²) in [7, 11) is 0. The summed E-state index contributed by atoms with van der Waals surface area (Å²) in [6.07, 6.45) is 11.2. The van der Waals surface area contributed by atoms with Crippen molar-refractivity contribution in [2.24, 2.45) is 29.6 Å². The summed E-state index contributed by atoms with van der Waals surface area (Å²) in [5, 5.41) is 28.2. The number of nitrogens with two attached hydrogens (primary N) is 1. The lowest BCUT2D eigenvalue weighted by atomic mass is 9.83. The minimum absolute atomic E-state index is 0.148. The lowest BCUT2D eigenvalue weighted by Crippen LogP contribution is -2.43. The molecule has 0 spiro atoms. The molecule has 4 unspecified atom stereocenters. The Morgan fingerprint density at radius 2 is 1.68 bits per heavy atom. The maximum atomic E-state index is 11.3. The number of carbonyl (C=O) groups is 1. The standard InChI is InChI=1S/C34H41N7O3/c35-32-28(14-27(38-39-32)24-3-1-2-4-29(24)42)41-17-21-13-25(31-26(18-41)30(21)31)33-36-15-22(16-37-33)19-9-11-40(12-10-19)23-7-5-20(6-8-23)34(43)44/h1-4,14-16,19-21,23,25-26,30-31,42H,5-13,17-18H2,(H2,35,39)(H,43,44)/t20?,21?,23?,25?,26?,30?,31-/m0/s1. The number of nitrogen functional groups attached to an aromatic ring is 1. The Balaban J connectivity index is 0.884. The van der Waals surface area contributed by atoms with Crippen LogP contribution in [0, 0.1) is 29.6 Å². The van der Waals surface area contributed by atoms with Gasteiger partial charge >= 0.3 is 5.97 Å². The molecule has 10 nitrogen and oxygen atoms in total. The van der Waals surface area contributed by atoms with Crippen LogP contribution in [0.15, 0.2) is 42.7 Å². The fourth-order valence-corrected chi connectivity index (χ4v) is 9.33. The van der Waals surface area contributed by atoms with Gasteiger partial charge in [0.1, 0.15) is 11.6 Å². The number of anilines is 2. The van der Waals surface area contributed by atoms with Gasteiger partial charge in [0, 0.05) is 43.0 Å². The smallest absolute Gasteiger partial charge is 0.306 e. The van der Waals surface area contributed by atoms with E-state index in [9.17, 15) is 15.0 Å². The van der Waals surface area contributed by atoms with Crippen LogP contribution in [0.25, 0.3) is 11.3 Å². The number of phenols is 1. The van der Waals surface area contributed by atoms with Crippen LogP contribution in [0.1, 0.15) is 68.2 Å². The molecule has 2 saturated heterocycles. The second-order valence-corrected chi connectivity index (χ2v) is 13.9. The van der Waals surface area contributed by atoms with Gasteiger partial charge in [-0.2, -0.15) is 0 Å². The van der Waals surface area contributed by atoms with Gasteiger partial charge in [-0.05, 0) is 111 Å². The van der Waals surface area contributed by atoms with Crippen LogP contribution in [0.2, 0.25) is 0 Å². The molecule has 3 saturated carbocycles. The highest BCUT2D eigenvalue weighted by Crippen LogP contribution is 2.68. The molecular weight excluding hydrogens is 554 g/mol. The first kappa shape index (κ1) is 27.7. The first-order chi connectivity index (χ1) is 21.4. The fraction of sp³-hybridized carbons (Fsp3) is 0.559. The Bertz CT molecular complexity index is 1530. The highest BCUT2D eigenvalue weighted by molar-refractivity contribution is 5.74. The van der Waals surface area contributed by atoms with Gasteiger partial charge < -0.3 is 25.7 Å². The van der Waals surface area contributed by atoms with Gasteiger partial charge in [-0.25, -0.2) is 9.97 Å².